The van der Waals surface area contributed by atoms with Crippen molar-refractivity contribution < 1.29 is 9.53 Å². The molecule has 1 fully saturated rings. The molecule has 1 unspecified atom stereocenters. The van der Waals surface area contributed by atoms with Gasteiger partial charge in [0.25, 0.3) is 0 Å². The first-order valence-electron chi connectivity index (χ1n) is 5.19. The molecular formula is C10H20N2O2. The minimum atomic E-state index is -0.399. The van der Waals surface area contributed by atoms with Gasteiger partial charge in [0.05, 0.1) is 12.6 Å². The maximum atomic E-state index is 11.5. The Balaban J connectivity index is 2.31. The number of ether oxygens (including phenoxy) is 1. The molecule has 0 aliphatic carbocycles. The van der Waals surface area contributed by atoms with Crippen LogP contribution in [0.15, 0.2) is 0 Å². The quantitative estimate of drug-likeness (QED) is 0.709. The highest BCUT2D eigenvalue weighted by atomic mass is 16.5. The summed E-state index contributed by atoms with van der Waals surface area (Å²) in [6.07, 6.45) is 2.25. The number of hydrogen-bond donors (Lipinski definition) is 1. The lowest BCUT2D eigenvalue weighted by Gasteiger charge is -2.27. The first-order valence-corrected chi connectivity index (χ1v) is 5.19. The summed E-state index contributed by atoms with van der Waals surface area (Å²) in [5.74, 6) is 0.493. The van der Waals surface area contributed by atoms with Crippen molar-refractivity contribution in [2.75, 3.05) is 26.8 Å². The van der Waals surface area contributed by atoms with E-state index in [2.05, 4.69) is 0 Å². The number of carbonyl (C=O) groups excluding carboxylic acids is 1. The number of amides is 1. The number of carbonyl (C=O) groups is 1. The van der Waals surface area contributed by atoms with E-state index in [1.165, 1.54) is 0 Å². The van der Waals surface area contributed by atoms with Crippen LogP contribution in [-0.2, 0) is 9.53 Å². The zero-order chi connectivity index (χ0) is 10.6. The molecule has 0 bridgehead atoms. The van der Waals surface area contributed by atoms with Gasteiger partial charge >= 0.3 is 0 Å². The van der Waals surface area contributed by atoms with E-state index in [0.29, 0.717) is 5.92 Å². The molecule has 82 valence electrons. The average Bonchev–Trinajstić information content (AvgIpc) is 2.18. The summed E-state index contributed by atoms with van der Waals surface area (Å²) in [6.45, 7) is 4.12. The van der Waals surface area contributed by atoms with Crippen LogP contribution in [0.5, 0.6) is 0 Å². The van der Waals surface area contributed by atoms with E-state index in [1.54, 1.807) is 18.9 Å². The van der Waals surface area contributed by atoms with Crippen molar-refractivity contribution in [2.45, 2.75) is 25.8 Å². The minimum absolute atomic E-state index is 0.00979. The van der Waals surface area contributed by atoms with Gasteiger partial charge < -0.3 is 15.4 Å². The standard InChI is InChI=1S/C10H20N2O2/c1-8(11)10(13)12(2)6-9-4-3-5-14-7-9/h8-9H,3-7,11H2,1-2H3/t8-,9?/m1/s1. The van der Waals surface area contributed by atoms with Gasteiger partial charge in [-0.25, -0.2) is 0 Å². The van der Waals surface area contributed by atoms with Crippen LogP contribution in [0, 0.1) is 5.92 Å². The lowest BCUT2D eigenvalue weighted by atomic mass is 10.0. The number of rotatable bonds is 3. The summed E-state index contributed by atoms with van der Waals surface area (Å²) < 4.78 is 5.35. The Hall–Kier alpha value is -0.610. The van der Waals surface area contributed by atoms with Gasteiger partial charge in [-0.15, -0.1) is 0 Å². The largest absolute Gasteiger partial charge is 0.381 e. The van der Waals surface area contributed by atoms with Crippen molar-refractivity contribution in [1.82, 2.24) is 4.90 Å². The zero-order valence-corrected chi connectivity index (χ0v) is 9.03. The van der Waals surface area contributed by atoms with E-state index in [4.69, 9.17) is 10.5 Å². The number of nitrogens with two attached hydrogens (primary N) is 1. The summed E-state index contributed by atoms with van der Waals surface area (Å²) in [7, 11) is 1.81. The number of likely N-dealkylation sites (N-methyl/N-ethyl adjacent to an activating group) is 1. The van der Waals surface area contributed by atoms with Gasteiger partial charge in [0.2, 0.25) is 5.91 Å². The van der Waals surface area contributed by atoms with Crippen molar-refractivity contribution in [3.05, 3.63) is 0 Å². The second-order valence-electron chi connectivity index (χ2n) is 4.09. The molecule has 1 heterocycles. The van der Waals surface area contributed by atoms with E-state index in [0.717, 1.165) is 32.6 Å². The highest BCUT2D eigenvalue weighted by Gasteiger charge is 2.20. The van der Waals surface area contributed by atoms with Gasteiger partial charge in [0, 0.05) is 20.2 Å². The second kappa shape index (κ2) is 5.32. The SMILES string of the molecule is C[C@@H](N)C(=O)N(C)CC1CCCOC1. The Morgan fingerprint density at radius 1 is 1.71 bits per heavy atom. The van der Waals surface area contributed by atoms with Crippen LogP contribution in [0.4, 0.5) is 0 Å². The maximum absolute atomic E-state index is 11.5. The first-order chi connectivity index (χ1) is 6.61. The monoisotopic (exact) mass is 200 g/mol. The van der Waals surface area contributed by atoms with Crippen molar-refractivity contribution in [3.63, 3.8) is 0 Å². The summed E-state index contributed by atoms with van der Waals surface area (Å²) in [6, 6.07) is -0.399. The minimum Gasteiger partial charge on any atom is -0.381 e. The van der Waals surface area contributed by atoms with Gasteiger partial charge in [-0.05, 0) is 25.7 Å². The predicted molar refractivity (Wildman–Crippen MR) is 54.8 cm³/mol. The molecule has 0 aromatic heterocycles. The molecular weight excluding hydrogens is 180 g/mol. The molecule has 0 spiro atoms. The van der Waals surface area contributed by atoms with Crippen molar-refractivity contribution in [2.24, 2.45) is 11.7 Å². The van der Waals surface area contributed by atoms with Gasteiger partial charge in [-0.2, -0.15) is 0 Å². The fraction of sp³-hybridized carbons (Fsp3) is 0.900. The second-order valence-corrected chi connectivity index (χ2v) is 4.09. The molecule has 4 heteroatoms. The molecule has 2 atom stereocenters. The van der Waals surface area contributed by atoms with Crippen LogP contribution >= 0.6 is 0 Å². The van der Waals surface area contributed by atoms with Crippen LogP contribution in [0.2, 0.25) is 0 Å². The Kier molecular flexibility index (Phi) is 4.35. The third-order valence-electron chi connectivity index (χ3n) is 2.55. The summed E-state index contributed by atoms with van der Waals surface area (Å²) in [4.78, 5) is 13.2. The highest BCUT2D eigenvalue weighted by Crippen LogP contribution is 2.14. The molecule has 0 radical (unpaired) electrons. The molecule has 0 aromatic carbocycles. The van der Waals surface area contributed by atoms with Crippen LogP contribution in [0.3, 0.4) is 0 Å². The third kappa shape index (κ3) is 3.27. The van der Waals surface area contributed by atoms with Gasteiger partial charge in [0.1, 0.15) is 0 Å². The smallest absolute Gasteiger partial charge is 0.238 e. The first kappa shape index (κ1) is 11.5. The molecule has 4 nitrogen and oxygen atoms in total. The highest BCUT2D eigenvalue weighted by molar-refractivity contribution is 5.80. The normalized spacial score (nSPS) is 24.4. The van der Waals surface area contributed by atoms with E-state index in [9.17, 15) is 4.79 Å². The average molecular weight is 200 g/mol. The number of nitrogens with zero attached hydrogens (tertiary/aromatic N) is 1. The van der Waals surface area contributed by atoms with Crippen molar-refractivity contribution in [3.8, 4) is 0 Å². The van der Waals surface area contributed by atoms with Gasteiger partial charge in [-0.1, -0.05) is 0 Å². The molecule has 2 N–H and O–H groups in total. The van der Waals surface area contributed by atoms with E-state index >= 15 is 0 Å². The molecule has 0 aromatic rings. The van der Waals surface area contributed by atoms with Crippen molar-refractivity contribution in [1.29, 1.82) is 0 Å². The Bertz CT molecular complexity index is 189. The summed E-state index contributed by atoms with van der Waals surface area (Å²) in [5.41, 5.74) is 5.52. The topological polar surface area (TPSA) is 55.6 Å². The Labute approximate surface area is 85.4 Å². The third-order valence-corrected chi connectivity index (χ3v) is 2.55. The molecule has 14 heavy (non-hydrogen) atoms. The summed E-state index contributed by atoms with van der Waals surface area (Å²) in [5, 5.41) is 0. The molecule has 1 aliphatic rings. The van der Waals surface area contributed by atoms with Crippen LogP contribution in [0.1, 0.15) is 19.8 Å². The van der Waals surface area contributed by atoms with Crippen LogP contribution in [-0.4, -0.2) is 43.7 Å². The molecule has 0 saturated carbocycles. The van der Waals surface area contributed by atoms with E-state index in [1.807, 2.05) is 0 Å². The Morgan fingerprint density at radius 3 is 2.93 bits per heavy atom. The Morgan fingerprint density at radius 2 is 2.43 bits per heavy atom. The lowest BCUT2D eigenvalue weighted by molar-refractivity contribution is -0.132. The maximum Gasteiger partial charge on any atom is 0.238 e. The van der Waals surface area contributed by atoms with E-state index < -0.39 is 6.04 Å². The molecule has 1 saturated heterocycles. The predicted octanol–water partition coefficient (Wildman–Crippen LogP) is 0.219. The van der Waals surface area contributed by atoms with Gasteiger partial charge in [0.15, 0.2) is 0 Å². The van der Waals surface area contributed by atoms with E-state index in [-0.39, 0.29) is 5.91 Å². The number of hydrogen-bond acceptors (Lipinski definition) is 3. The molecule has 1 amide bonds. The van der Waals surface area contributed by atoms with Crippen LogP contribution in [0.25, 0.3) is 0 Å². The van der Waals surface area contributed by atoms with Gasteiger partial charge in [-0.3, -0.25) is 4.79 Å². The fourth-order valence-electron chi connectivity index (χ4n) is 1.78. The fourth-order valence-corrected chi connectivity index (χ4v) is 1.78. The molecule has 1 aliphatic heterocycles. The zero-order valence-electron chi connectivity index (χ0n) is 9.03. The van der Waals surface area contributed by atoms with Crippen LogP contribution < -0.4 is 5.73 Å². The van der Waals surface area contributed by atoms with Crippen molar-refractivity contribution >= 4 is 5.91 Å². The lowest BCUT2D eigenvalue weighted by Crippen LogP contribution is -2.43. The summed E-state index contributed by atoms with van der Waals surface area (Å²) >= 11 is 0. The molecule has 1 rings (SSSR count).